The smallest absolute Gasteiger partial charge is 0.417 e. The third kappa shape index (κ3) is 3.26. The number of ether oxygens (including phenoxy) is 1. The summed E-state index contributed by atoms with van der Waals surface area (Å²) < 4.78 is 42.8. The molecule has 6 heteroatoms. The van der Waals surface area contributed by atoms with Gasteiger partial charge < -0.3 is 4.74 Å². The molecule has 0 saturated heterocycles. The maximum Gasteiger partial charge on any atom is 0.417 e. The number of benzene rings is 1. The van der Waals surface area contributed by atoms with Gasteiger partial charge in [0.05, 0.1) is 11.1 Å². The van der Waals surface area contributed by atoms with Crippen LogP contribution in [0.15, 0.2) is 30.5 Å². The molecule has 0 bridgehead atoms. The minimum atomic E-state index is -4.45. The number of alkyl halides is 3. The van der Waals surface area contributed by atoms with Crippen molar-refractivity contribution < 1.29 is 22.7 Å². The minimum Gasteiger partial charge on any atom is -0.427 e. The van der Waals surface area contributed by atoms with Crippen LogP contribution in [0.4, 0.5) is 13.2 Å². The third-order valence-corrected chi connectivity index (χ3v) is 2.67. The van der Waals surface area contributed by atoms with E-state index >= 15 is 0 Å². The van der Waals surface area contributed by atoms with E-state index in [0.29, 0.717) is 11.9 Å². The first-order valence-electron chi connectivity index (χ1n) is 6.08. The Bertz CT molecular complexity index is 638. The van der Waals surface area contributed by atoms with Gasteiger partial charge in [-0.05, 0) is 30.7 Å². The van der Waals surface area contributed by atoms with E-state index in [1.165, 1.54) is 18.2 Å². The number of fused-ring (bicyclic) bond motifs is 1. The van der Waals surface area contributed by atoms with Crippen LogP contribution in [0.3, 0.4) is 0 Å². The highest BCUT2D eigenvalue weighted by Crippen LogP contribution is 2.31. The molecule has 0 aliphatic rings. The van der Waals surface area contributed by atoms with E-state index in [1.807, 2.05) is 6.92 Å². The number of esters is 1. The Hall–Kier alpha value is -2.11. The summed E-state index contributed by atoms with van der Waals surface area (Å²) in [4.78, 5) is 15.1. The summed E-state index contributed by atoms with van der Waals surface area (Å²) >= 11 is 0. The van der Waals surface area contributed by atoms with Crippen LogP contribution >= 0.6 is 0 Å². The van der Waals surface area contributed by atoms with Gasteiger partial charge in [-0.2, -0.15) is 13.2 Å². The number of halogens is 3. The number of pyridine rings is 1. The first-order valence-corrected chi connectivity index (χ1v) is 6.08. The second-order valence-electron chi connectivity index (χ2n) is 4.30. The predicted octanol–water partition coefficient (Wildman–Crippen LogP) is 3.96. The predicted molar refractivity (Wildman–Crippen MR) is 67.3 cm³/mol. The van der Waals surface area contributed by atoms with Crippen molar-refractivity contribution in [3.63, 3.8) is 0 Å². The number of hydrogen-bond donors (Lipinski definition) is 0. The van der Waals surface area contributed by atoms with Crippen molar-refractivity contribution in [3.05, 3.63) is 36.0 Å². The molecule has 0 saturated carbocycles. The summed E-state index contributed by atoms with van der Waals surface area (Å²) in [6.45, 7) is 1.83. The summed E-state index contributed by atoms with van der Waals surface area (Å²) in [5.74, 6) is -0.191. The molecule has 1 heterocycles. The number of nitrogens with zero attached hydrogens (tertiary/aromatic N) is 1. The molecule has 2 aromatic rings. The Kier molecular flexibility index (Phi) is 3.92. The third-order valence-electron chi connectivity index (χ3n) is 2.67. The second-order valence-corrected chi connectivity index (χ2v) is 4.30. The van der Waals surface area contributed by atoms with Gasteiger partial charge in [0, 0.05) is 18.0 Å². The Balaban J connectivity index is 2.34. The Morgan fingerprint density at radius 3 is 2.70 bits per heavy atom. The van der Waals surface area contributed by atoms with Gasteiger partial charge in [0.15, 0.2) is 0 Å². The van der Waals surface area contributed by atoms with Crippen LogP contribution in [0.1, 0.15) is 25.3 Å². The van der Waals surface area contributed by atoms with Crippen LogP contribution < -0.4 is 4.74 Å². The first-order chi connectivity index (χ1) is 9.40. The van der Waals surface area contributed by atoms with Gasteiger partial charge in [-0.25, -0.2) is 0 Å². The number of carbonyl (C=O) groups is 1. The van der Waals surface area contributed by atoms with Crippen LogP contribution in [-0.2, 0) is 11.0 Å². The first kappa shape index (κ1) is 14.3. The fraction of sp³-hybridized carbons (Fsp3) is 0.286. The van der Waals surface area contributed by atoms with E-state index in [-0.39, 0.29) is 17.6 Å². The van der Waals surface area contributed by atoms with Crippen molar-refractivity contribution >= 4 is 16.9 Å². The zero-order chi connectivity index (χ0) is 14.8. The molecule has 0 spiro atoms. The molecule has 0 radical (unpaired) electrons. The zero-order valence-electron chi connectivity index (χ0n) is 10.7. The number of rotatable bonds is 3. The molecule has 1 aromatic carbocycles. The molecule has 0 amide bonds. The molecule has 0 aliphatic carbocycles. The summed E-state index contributed by atoms with van der Waals surface area (Å²) in [6, 6.07) is 5.39. The molecule has 20 heavy (non-hydrogen) atoms. The minimum absolute atomic E-state index is 0.220. The molecule has 0 N–H and O–H groups in total. The van der Waals surface area contributed by atoms with E-state index in [0.717, 1.165) is 12.3 Å². The van der Waals surface area contributed by atoms with Crippen molar-refractivity contribution in [3.8, 4) is 5.75 Å². The van der Waals surface area contributed by atoms with Crippen molar-refractivity contribution in [1.29, 1.82) is 0 Å². The second kappa shape index (κ2) is 5.48. The van der Waals surface area contributed by atoms with E-state index in [4.69, 9.17) is 4.74 Å². The summed E-state index contributed by atoms with van der Waals surface area (Å²) in [5.41, 5.74) is -0.421. The lowest BCUT2D eigenvalue weighted by Crippen LogP contribution is -2.07. The van der Waals surface area contributed by atoms with Gasteiger partial charge in [0.25, 0.3) is 0 Å². The SMILES string of the molecule is CCCC(=O)Oc1ccc2ncc(C(F)(F)F)cc2c1. The molecule has 2 rings (SSSR count). The lowest BCUT2D eigenvalue weighted by Gasteiger charge is -2.08. The van der Waals surface area contributed by atoms with Gasteiger partial charge in [-0.3, -0.25) is 9.78 Å². The molecule has 0 unspecified atom stereocenters. The number of aromatic nitrogens is 1. The molecular formula is C14H12F3NO2. The fourth-order valence-corrected chi connectivity index (χ4v) is 1.71. The Morgan fingerprint density at radius 1 is 1.30 bits per heavy atom. The van der Waals surface area contributed by atoms with Crippen molar-refractivity contribution in [2.75, 3.05) is 0 Å². The normalized spacial score (nSPS) is 11.6. The van der Waals surface area contributed by atoms with Crippen LogP contribution in [0, 0.1) is 0 Å². The average molecular weight is 283 g/mol. The van der Waals surface area contributed by atoms with Gasteiger partial charge in [0.2, 0.25) is 0 Å². The van der Waals surface area contributed by atoms with Crippen LogP contribution in [0.5, 0.6) is 5.75 Å². The van der Waals surface area contributed by atoms with E-state index in [2.05, 4.69) is 4.98 Å². The van der Waals surface area contributed by atoms with Gasteiger partial charge in [-0.1, -0.05) is 6.92 Å². The zero-order valence-corrected chi connectivity index (χ0v) is 10.7. The van der Waals surface area contributed by atoms with Crippen molar-refractivity contribution in [2.24, 2.45) is 0 Å². The van der Waals surface area contributed by atoms with E-state index in [1.54, 1.807) is 0 Å². The summed E-state index contributed by atoms with van der Waals surface area (Å²) in [5, 5.41) is 0.279. The van der Waals surface area contributed by atoms with E-state index in [9.17, 15) is 18.0 Å². The fourth-order valence-electron chi connectivity index (χ4n) is 1.71. The van der Waals surface area contributed by atoms with Gasteiger partial charge >= 0.3 is 12.1 Å². The maximum absolute atomic E-state index is 12.6. The van der Waals surface area contributed by atoms with E-state index < -0.39 is 17.7 Å². The van der Waals surface area contributed by atoms with Crippen LogP contribution in [0.2, 0.25) is 0 Å². The molecule has 0 aliphatic heterocycles. The highest BCUT2D eigenvalue weighted by molar-refractivity contribution is 5.82. The maximum atomic E-state index is 12.6. The molecule has 3 nitrogen and oxygen atoms in total. The lowest BCUT2D eigenvalue weighted by molar-refractivity contribution is -0.138. The van der Waals surface area contributed by atoms with Gasteiger partial charge in [-0.15, -0.1) is 0 Å². The molecule has 0 fully saturated rings. The number of hydrogen-bond acceptors (Lipinski definition) is 3. The highest BCUT2D eigenvalue weighted by Gasteiger charge is 2.31. The summed E-state index contributed by atoms with van der Waals surface area (Å²) in [6.07, 6.45) is -2.76. The van der Waals surface area contributed by atoms with Gasteiger partial charge in [0.1, 0.15) is 5.75 Å². The Morgan fingerprint density at radius 2 is 2.05 bits per heavy atom. The Labute approximate surface area is 113 Å². The quantitative estimate of drug-likeness (QED) is 0.632. The monoisotopic (exact) mass is 283 g/mol. The number of carbonyl (C=O) groups excluding carboxylic acids is 1. The largest absolute Gasteiger partial charge is 0.427 e. The molecule has 106 valence electrons. The summed E-state index contributed by atoms with van der Waals surface area (Å²) in [7, 11) is 0. The standard InChI is InChI=1S/C14H12F3NO2/c1-2-3-13(19)20-11-4-5-12-9(7-11)6-10(8-18-12)14(15,16)17/h4-8H,2-3H2,1H3. The molecule has 0 atom stereocenters. The average Bonchev–Trinajstić information content (AvgIpc) is 2.37. The topological polar surface area (TPSA) is 39.2 Å². The highest BCUT2D eigenvalue weighted by atomic mass is 19.4. The van der Waals surface area contributed by atoms with Crippen LogP contribution in [-0.4, -0.2) is 11.0 Å². The lowest BCUT2D eigenvalue weighted by atomic mass is 10.1. The molecular weight excluding hydrogens is 271 g/mol. The van der Waals surface area contributed by atoms with Crippen molar-refractivity contribution in [2.45, 2.75) is 25.9 Å². The van der Waals surface area contributed by atoms with Crippen LogP contribution in [0.25, 0.3) is 10.9 Å². The molecule has 1 aromatic heterocycles. The van der Waals surface area contributed by atoms with Crippen molar-refractivity contribution in [1.82, 2.24) is 4.98 Å².